The molecule has 0 radical (unpaired) electrons. The van der Waals surface area contributed by atoms with Crippen LogP contribution in [0.1, 0.15) is 50.3 Å². The molecular formula is C17H25N3O2. The summed E-state index contributed by atoms with van der Waals surface area (Å²) in [6.07, 6.45) is 2.74. The number of hydrogen-bond acceptors (Lipinski definition) is 3. The molecule has 120 valence electrons. The summed E-state index contributed by atoms with van der Waals surface area (Å²) in [7, 11) is 0. The molecule has 0 aliphatic carbocycles. The number of nitrogens with zero attached hydrogens (tertiary/aromatic N) is 1. The molecule has 1 aromatic rings. The number of aliphatic hydroxyl groups is 1. The summed E-state index contributed by atoms with van der Waals surface area (Å²) in [5.74, 6) is 0.311. The maximum atomic E-state index is 11.9. The third-order valence-electron chi connectivity index (χ3n) is 3.67. The zero-order valence-corrected chi connectivity index (χ0v) is 13.3. The Morgan fingerprint density at radius 2 is 2.00 bits per heavy atom. The smallest absolute Gasteiger partial charge is 0.315 e. The van der Waals surface area contributed by atoms with Crippen LogP contribution in [0, 0.1) is 17.2 Å². The molecule has 2 amide bonds. The highest BCUT2D eigenvalue weighted by atomic mass is 16.3. The van der Waals surface area contributed by atoms with Gasteiger partial charge in [-0.05, 0) is 43.4 Å². The Balaban J connectivity index is 2.44. The molecular weight excluding hydrogens is 278 g/mol. The highest BCUT2D eigenvalue weighted by Crippen LogP contribution is 2.13. The lowest BCUT2D eigenvalue weighted by molar-refractivity contribution is 0.227. The van der Waals surface area contributed by atoms with Crippen molar-refractivity contribution in [2.75, 3.05) is 13.2 Å². The van der Waals surface area contributed by atoms with Crippen molar-refractivity contribution in [1.29, 1.82) is 5.26 Å². The van der Waals surface area contributed by atoms with Crippen LogP contribution in [-0.2, 0) is 0 Å². The van der Waals surface area contributed by atoms with Crippen LogP contribution in [0.4, 0.5) is 4.79 Å². The van der Waals surface area contributed by atoms with E-state index in [-0.39, 0.29) is 18.7 Å². The first-order chi connectivity index (χ1) is 10.6. The van der Waals surface area contributed by atoms with Gasteiger partial charge in [-0.25, -0.2) is 4.79 Å². The first kappa shape index (κ1) is 18.0. The van der Waals surface area contributed by atoms with Gasteiger partial charge in [0.1, 0.15) is 0 Å². The third-order valence-corrected chi connectivity index (χ3v) is 3.67. The van der Waals surface area contributed by atoms with E-state index in [9.17, 15) is 4.79 Å². The Hall–Kier alpha value is -2.06. The number of amides is 2. The van der Waals surface area contributed by atoms with Crippen molar-refractivity contribution >= 4 is 6.03 Å². The number of carbonyl (C=O) groups is 1. The average Bonchev–Trinajstić information content (AvgIpc) is 2.53. The summed E-state index contributed by atoms with van der Waals surface area (Å²) in [5.41, 5.74) is 1.56. The third kappa shape index (κ3) is 6.15. The molecule has 5 heteroatoms. The van der Waals surface area contributed by atoms with Gasteiger partial charge in [0.2, 0.25) is 0 Å². The van der Waals surface area contributed by atoms with Crippen molar-refractivity contribution in [3.8, 4) is 6.07 Å². The van der Waals surface area contributed by atoms with Crippen LogP contribution >= 0.6 is 0 Å². The van der Waals surface area contributed by atoms with Gasteiger partial charge in [0.05, 0.1) is 17.7 Å². The number of benzene rings is 1. The lowest BCUT2D eigenvalue weighted by Crippen LogP contribution is -2.39. The molecule has 0 spiro atoms. The fraction of sp³-hybridized carbons (Fsp3) is 0.529. The number of carbonyl (C=O) groups excluding carboxylic acids is 1. The summed E-state index contributed by atoms with van der Waals surface area (Å²) in [6, 6.07) is 8.89. The first-order valence-electron chi connectivity index (χ1n) is 7.76. The standard InChI is InChI=1S/C17H25N3O2/c1-3-4-15(9-10-21)12-19-17(22)20-13(2)16-7-5-14(11-18)6-8-16/h5-8,13,15,21H,3-4,9-10,12H2,1-2H3,(H2,19,20,22). The second-order valence-corrected chi connectivity index (χ2v) is 5.48. The zero-order chi connectivity index (χ0) is 16.4. The van der Waals surface area contributed by atoms with Gasteiger partial charge in [-0.1, -0.05) is 25.5 Å². The van der Waals surface area contributed by atoms with E-state index in [1.54, 1.807) is 12.1 Å². The van der Waals surface area contributed by atoms with E-state index >= 15 is 0 Å². The van der Waals surface area contributed by atoms with Crippen LogP contribution in [0.15, 0.2) is 24.3 Å². The van der Waals surface area contributed by atoms with E-state index in [0.29, 0.717) is 24.4 Å². The van der Waals surface area contributed by atoms with Crippen LogP contribution in [0.2, 0.25) is 0 Å². The summed E-state index contributed by atoms with van der Waals surface area (Å²) in [6.45, 7) is 4.71. The van der Waals surface area contributed by atoms with Gasteiger partial charge in [-0.3, -0.25) is 0 Å². The van der Waals surface area contributed by atoms with Gasteiger partial charge < -0.3 is 15.7 Å². The second-order valence-electron chi connectivity index (χ2n) is 5.48. The summed E-state index contributed by atoms with van der Waals surface area (Å²) in [4.78, 5) is 11.9. The summed E-state index contributed by atoms with van der Waals surface area (Å²) in [5, 5.41) is 23.5. The molecule has 0 heterocycles. The molecule has 2 unspecified atom stereocenters. The Labute approximate surface area is 132 Å². The molecule has 5 nitrogen and oxygen atoms in total. The molecule has 1 aromatic carbocycles. The highest BCUT2D eigenvalue weighted by Gasteiger charge is 2.12. The minimum atomic E-state index is -0.212. The number of nitrogens with one attached hydrogen (secondary N) is 2. The van der Waals surface area contributed by atoms with Gasteiger partial charge in [0.25, 0.3) is 0 Å². The fourth-order valence-electron chi connectivity index (χ4n) is 2.35. The van der Waals surface area contributed by atoms with Crippen molar-refractivity contribution in [1.82, 2.24) is 10.6 Å². The topological polar surface area (TPSA) is 85.2 Å². The Kier molecular flexibility index (Phi) is 8.01. The molecule has 1 rings (SSSR count). The first-order valence-corrected chi connectivity index (χ1v) is 7.76. The highest BCUT2D eigenvalue weighted by molar-refractivity contribution is 5.74. The van der Waals surface area contributed by atoms with Gasteiger partial charge in [-0.15, -0.1) is 0 Å². The van der Waals surface area contributed by atoms with Gasteiger partial charge >= 0.3 is 6.03 Å². The Morgan fingerprint density at radius 3 is 2.55 bits per heavy atom. The van der Waals surface area contributed by atoms with E-state index in [0.717, 1.165) is 18.4 Å². The zero-order valence-electron chi connectivity index (χ0n) is 13.3. The molecule has 0 bridgehead atoms. The van der Waals surface area contributed by atoms with E-state index in [1.807, 2.05) is 19.1 Å². The maximum Gasteiger partial charge on any atom is 0.315 e. The largest absolute Gasteiger partial charge is 0.396 e. The normalized spacial score (nSPS) is 13.0. The second kappa shape index (κ2) is 9.80. The van der Waals surface area contributed by atoms with E-state index in [2.05, 4.69) is 23.6 Å². The molecule has 3 N–H and O–H groups in total. The van der Waals surface area contributed by atoms with Crippen molar-refractivity contribution in [3.63, 3.8) is 0 Å². The Bertz CT molecular complexity index is 488. The minimum Gasteiger partial charge on any atom is -0.396 e. The SMILES string of the molecule is CCCC(CCO)CNC(=O)NC(C)c1ccc(C#N)cc1. The van der Waals surface area contributed by atoms with E-state index in [1.165, 1.54) is 0 Å². The monoisotopic (exact) mass is 303 g/mol. The van der Waals surface area contributed by atoms with Crippen LogP contribution in [0.5, 0.6) is 0 Å². The molecule has 0 aliphatic rings. The van der Waals surface area contributed by atoms with Crippen molar-refractivity contribution in [2.24, 2.45) is 5.92 Å². The van der Waals surface area contributed by atoms with Gasteiger partial charge in [-0.2, -0.15) is 5.26 Å². The molecule has 0 aromatic heterocycles. The lowest BCUT2D eigenvalue weighted by Gasteiger charge is -2.18. The predicted octanol–water partition coefficient (Wildman–Crippen LogP) is 2.72. The van der Waals surface area contributed by atoms with Crippen LogP contribution in [0.25, 0.3) is 0 Å². The molecule has 0 saturated heterocycles. The number of nitriles is 1. The number of aliphatic hydroxyl groups excluding tert-OH is 1. The predicted molar refractivity (Wildman–Crippen MR) is 86.2 cm³/mol. The molecule has 0 fully saturated rings. The van der Waals surface area contributed by atoms with E-state index < -0.39 is 0 Å². The summed E-state index contributed by atoms with van der Waals surface area (Å²) < 4.78 is 0. The lowest BCUT2D eigenvalue weighted by atomic mass is 10.0. The number of hydrogen-bond donors (Lipinski definition) is 3. The van der Waals surface area contributed by atoms with Gasteiger partial charge in [0, 0.05) is 13.2 Å². The number of urea groups is 1. The minimum absolute atomic E-state index is 0.129. The van der Waals surface area contributed by atoms with Crippen LogP contribution in [-0.4, -0.2) is 24.3 Å². The molecule has 22 heavy (non-hydrogen) atoms. The summed E-state index contributed by atoms with van der Waals surface area (Å²) >= 11 is 0. The van der Waals surface area contributed by atoms with Crippen molar-refractivity contribution in [3.05, 3.63) is 35.4 Å². The van der Waals surface area contributed by atoms with Crippen LogP contribution < -0.4 is 10.6 Å². The Morgan fingerprint density at radius 1 is 1.32 bits per heavy atom. The average molecular weight is 303 g/mol. The van der Waals surface area contributed by atoms with Crippen molar-refractivity contribution < 1.29 is 9.90 Å². The van der Waals surface area contributed by atoms with Crippen molar-refractivity contribution in [2.45, 2.75) is 39.2 Å². The van der Waals surface area contributed by atoms with Crippen LogP contribution in [0.3, 0.4) is 0 Å². The molecule has 0 saturated carbocycles. The molecule has 0 aliphatic heterocycles. The van der Waals surface area contributed by atoms with E-state index in [4.69, 9.17) is 10.4 Å². The molecule has 2 atom stereocenters. The maximum absolute atomic E-state index is 11.9. The number of rotatable bonds is 8. The quantitative estimate of drug-likeness (QED) is 0.690. The van der Waals surface area contributed by atoms with Gasteiger partial charge in [0.15, 0.2) is 0 Å². The fourth-order valence-corrected chi connectivity index (χ4v) is 2.35.